The minimum atomic E-state index is -0.724. The lowest BCUT2D eigenvalue weighted by Gasteiger charge is -2.39. The monoisotopic (exact) mass is 1160 g/mol. The van der Waals surface area contributed by atoms with Crippen molar-refractivity contribution in [3.05, 3.63) is 143 Å². The van der Waals surface area contributed by atoms with Gasteiger partial charge in [0.05, 0.1) is 57.6 Å². The Balaban J connectivity index is 0.963. The second kappa shape index (κ2) is 25.6. The van der Waals surface area contributed by atoms with Crippen LogP contribution in [0.25, 0.3) is 0 Å². The lowest BCUT2D eigenvalue weighted by atomic mass is 9.93. The molecule has 2 aliphatic heterocycles. The van der Waals surface area contributed by atoms with E-state index < -0.39 is 46.8 Å². The highest BCUT2D eigenvalue weighted by atomic mass is 16.6. The first-order chi connectivity index (χ1) is 39.9. The van der Waals surface area contributed by atoms with E-state index in [0.717, 1.165) is 124 Å². The number of anilines is 6. The summed E-state index contributed by atoms with van der Waals surface area (Å²) in [4.78, 5) is 73.0. The maximum absolute atomic E-state index is 14.3. The molecule has 0 fully saturated rings. The number of carbonyl (C=O) groups excluding carboxylic acids is 4. The van der Waals surface area contributed by atoms with Crippen molar-refractivity contribution in [2.75, 3.05) is 32.7 Å². The maximum atomic E-state index is 14.3. The van der Waals surface area contributed by atoms with E-state index in [2.05, 4.69) is 20.4 Å². The predicted octanol–water partition coefficient (Wildman–Crippen LogP) is 17.1. The van der Waals surface area contributed by atoms with Crippen molar-refractivity contribution in [2.24, 2.45) is 9.98 Å². The van der Waals surface area contributed by atoms with E-state index in [1.54, 1.807) is 9.80 Å². The average molecular weight is 1160 g/mol. The van der Waals surface area contributed by atoms with Crippen LogP contribution in [0.15, 0.2) is 142 Å². The van der Waals surface area contributed by atoms with E-state index in [9.17, 15) is 19.2 Å². The van der Waals surface area contributed by atoms with Crippen LogP contribution in [0.2, 0.25) is 0 Å². The van der Waals surface area contributed by atoms with Crippen LogP contribution in [0.3, 0.4) is 0 Å². The number of hydrogen-bond acceptors (Lipinski definition) is 12. The summed E-state index contributed by atoms with van der Waals surface area (Å²) in [5, 5.41) is 5.95. The number of benzene rings is 4. The standard InChI is InChI=1S/C69H88N8O8/c1-44-36-52-58(40-50(44)72-62(78)82-66(5,6)7)76(48-30-24-22-25-31-48)60-42-56(46(3)38-54(60)70-52)74(64(80)84-68(11,12)13)34-28-20-18-17-19-21-29-35-75(65(81)85-69(14,15)16)57-43-61-55(39-47(57)4)71-53-37-45(2)51(73-63(79)83-67(8,9)10)41-59(53)77(61)49-32-26-23-27-33-49/h22-27,30-33,36-43,58-59H,17-21,28-29,34-35H2,1-16H3,(H,72,78)(H,73,79). The van der Waals surface area contributed by atoms with Gasteiger partial charge in [-0.05, 0) is 219 Å². The number of para-hydroxylation sites is 2. The van der Waals surface area contributed by atoms with Crippen molar-refractivity contribution in [3.63, 3.8) is 0 Å². The van der Waals surface area contributed by atoms with Gasteiger partial charge in [0.2, 0.25) is 0 Å². The lowest BCUT2D eigenvalue weighted by Crippen LogP contribution is -2.42. The SMILES string of the molecule is CC1=CC2=Nc3cc(C)c(N(CCCCCCCCCN(C(=O)OC(C)(C)C)c4cc5c(cc4C)N=C4C=C(C)C(NC(=O)OC(C)(C)C)=CC4N5c4ccccc4)C(=O)OC(C)(C)C)cc3N(c3ccccc3)C2C=C1NC(=O)OC(C)(C)C. The quantitative estimate of drug-likeness (QED) is 0.0814. The summed E-state index contributed by atoms with van der Waals surface area (Å²) in [6.45, 7) is 31.1. The summed E-state index contributed by atoms with van der Waals surface area (Å²) in [6.07, 6.45) is 12.3. The molecule has 4 aromatic carbocycles. The van der Waals surface area contributed by atoms with Crippen molar-refractivity contribution < 1.29 is 38.1 Å². The Morgan fingerprint density at radius 3 is 1.13 bits per heavy atom. The molecule has 2 atom stereocenters. The summed E-state index contributed by atoms with van der Waals surface area (Å²) in [7, 11) is 0. The second-order valence-corrected chi connectivity index (χ2v) is 26.4. The van der Waals surface area contributed by atoms with E-state index in [1.165, 1.54) is 0 Å². The van der Waals surface area contributed by atoms with Crippen LogP contribution in [0.5, 0.6) is 0 Å². The van der Waals surface area contributed by atoms with Gasteiger partial charge in [0.1, 0.15) is 22.4 Å². The van der Waals surface area contributed by atoms with Crippen molar-refractivity contribution >= 4 is 81.3 Å². The Kier molecular flexibility index (Phi) is 18.9. The number of allylic oxidation sites excluding steroid dienone is 2. The minimum absolute atomic E-state index is 0.374. The number of rotatable bonds is 16. The number of unbranched alkanes of at least 4 members (excludes halogenated alkanes) is 6. The molecule has 16 nitrogen and oxygen atoms in total. The van der Waals surface area contributed by atoms with Crippen LogP contribution < -0.4 is 30.2 Å². The summed E-state index contributed by atoms with van der Waals surface area (Å²) in [5.74, 6) is 0. The van der Waals surface area contributed by atoms with Gasteiger partial charge in [0.15, 0.2) is 0 Å². The zero-order chi connectivity index (χ0) is 61.8. The number of ether oxygens (including phenoxy) is 4. The van der Waals surface area contributed by atoms with Crippen LogP contribution in [-0.2, 0) is 18.9 Å². The summed E-state index contributed by atoms with van der Waals surface area (Å²) in [5.41, 5.74) is 10.1. The number of amides is 4. The molecule has 4 aromatic rings. The van der Waals surface area contributed by atoms with Crippen molar-refractivity contribution in [3.8, 4) is 0 Å². The van der Waals surface area contributed by atoms with E-state index in [0.29, 0.717) is 24.5 Å². The Morgan fingerprint density at radius 2 is 0.800 bits per heavy atom. The first-order valence-corrected chi connectivity index (χ1v) is 29.9. The largest absolute Gasteiger partial charge is 0.444 e. The molecule has 16 heteroatoms. The molecule has 4 amide bonds. The Morgan fingerprint density at radius 1 is 0.471 bits per heavy atom. The molecule has 0 radical (unpaired) electrons. The van der Waals surface area contributed by atoms with Gasteiger partial charge in [-0.2, -0.15) is 0 Å². The molecule has 0 bridgehead atoms. The molecule has 0 aromatic heterocycles. The van der Waals surface area contributed by atoms with Gasteiger partial charge in [-0.1, -0.05) is 68.5 Å². The number of nitrogens with one attached hydrogen (secondary N) is 2. The third-order valence-electron chi connectivity index (χ3n) is 14.4. The van der Waals surface area contributed by atoms with Gasteiger partial charge >= 0.3 is 24.4 Å². The molecule has 2 N–H and O–H groups in total. The van der Waals surface area contributed by atoms with Crippen LogP contribution in [-0.4, -0.2) is 83.4 Å². The average Bonchev–Trinajstić information content (AvgIpc) is 0.820. The summed E-state index contributed by atoms with van der Waals surface area (Å²) in [6, 6.07) is 27.6. The molecule has 0 saturated carbocycles. The molecule has 0 spiro atoms. The van der Waals surface area contributed by atoms with E-state index in [1.807, 2.05) is 220 Å². The molecule has 8 rings (SSSR count). The van der Waals surface area contributed by atoms with Crippen molar-refractivity contribution in [2.45, 2.75) is 190 Å². The van der Waals surface area contributed by atoms with Gasteiger partial charge in [-0.15, -0.1) is 0 Å². The van der Waals surface area contributed by atoms with Crippen LogP contribution in [0.1, 0.15) is 153 Å². The number of nitrogens with zero attached hydrogens (tertiary/aromatic N) is 6. The van der Waals surface area contributed by atoms with Gasteiger partial charge in [-0.25, -0.2) is 29.2 Å². The fourth-order valence-corrected chi connectivity index (χ4v) is 10.8. The van der Waals surface area contributed by atoms with E-state index in [-0.39, 0.29) is 12.1 Å². The highest BCUT2D eigenvalue weighted by molar-refractivity contribution is 6.12. The van der Waals surface area contributed by atoms with E-state index >= 15 is 0 Å². The van der Waals surface area contributed by atoms with Gasteiger partial charge < -0.3 is 28.7 Å². The van der Waals surface area contributed by atoms with Crippen LogP contribution in [0, 0.1) is 13.8 Å². The predicted molar refractivity (Wildman–Crippen MR) is 343 cm³/mol. The lowest BCUT2D eigenvalue weighted by molar-refractivity contribution is 0.0535. The molecule has 4 aliphatic rings. The van der Waals surface area contributed by atoms with Gasteiger partial charge in [-0.3, -0.25) is 20.4 Å². The Bertz CT molecular complexity index is 3130. The minimum Gasteiger partial charge on any atom is -0.444 e. The van der Waals surface area contributed by atoms with Crippen LogP contribution in [0.4, 0.5) is 64.7 Å². The molecule has 2 unspecified atom stereocenters. The third kappa shape index (κ3) is 16.2. The third-order valence-corrected chi connectivity index (χ3v) is 14.4. The topological polar surface area (TPSA) is 167 Å². The Labute approximate surface area is 503 Å². The maximum Gasteiger partial charge on any atom is 0.414 e. The number of aryl methyl sites for hydroxylation is 2. The number of carbonyl (C=O) groups is 4. The molecule has 2 aliphatic carbocycles. The number of hydrogen-bond donors (Lipinski definition) is 2. The number of fused-ring (bicyclic) bond motifs is 4. The van der Waals surface area contributed by atoms with Crippen molar-refractivity contribution in [1.82, 2.24) is 10.6 Å². The zero-order valence-corrected chi connectivity index (χ0v) is 52.9. The summed E-state index contributed by atoms with van der Waals surface area (Å²) < 4.78 is 23.4. The fourth-order valence-electron chi connectivity index (χ4n) is 10.8. The summed E-state index contributed by atoms with van der Waals surface area (Å²) >= 11 is 0. The Hall–Kier alpha value is -8.14. The van der Waals surface area contributed by atoms with Gasteiger partial charge in [0, 0.05) is 35.9 Å². The van der Waals surface area contributed by atoms with Crippen LogP contribution >= 0.6 is 0 Å². The fraction of sp³-hybridized carbons (Fsp3) is 0.449. The zero-order valence-electron chi connectivity index (χ0n) is 52.9. The molecular formula is C69H88N8O8. The molecule has 85 heavy (non-hydrogen) atoms. The number of aliphatic imine (C=N–C) groups is 2. The smallest absolute Gasteiger partial charge is 0.414 e. The first-order valence-electron chi connectivity index (χ1n) is 29.9. The number of alkyl carbamates (subject to hydrolysis) is 2. The highest BCUT2D eigenvalue weighted by Gasteiger charge is 2.37. The highest BCUT2D eigenvalue weighted by Crippen LogP contribution is 2.47. The molecule has 0 saturated heterocycles. The van der Waals surface area contributed by atoms with E-state index in [4.69, 9.17) is 28.9 Å². The second-order valence-electron chi connectivity index (χ2n) is 26.4. The normalized spacial score (nSPS) is 16.5. The first kappa shape index (κ1) is 62.9. The molecule has 2 heterocycles. The molecule has 452 valence electrons. The van der Waals surface area contributed by atoms with Gasteiger partial charge in [0.25, 0.3) is 0 Å². The van der Waals surface area contributed by atoms with Crippen molar-refractivity contribution in [1.29, 1.82) is 0 Å². The molecular weight excluding hydrogens is 1070 g/mol.